The SMILES string of the molecule is C.CCCC(C)COC. The van der Waals surface area contributed by atoms with E-state index in [2.05, 4.69) is 13.8 Å². The lowest BCUT2D eigenvalue weighted by Crippen LogP contribution is -2.01. The minimum atomic E-state index is 0. The third-order valence-corrected chi connectivity index (χ3v) is 1.23. The lowest BCUT2D eigenvalue weighted by atomic mass is 10.1. The average Bonchev–Trinajstić information content (AvgIpc) is 1.68. The van der Waals surface area contributed by atoms with Crippen LogP contribution in [0, 0.1) is 5.92 Å². The Bertz CT molecular complexity index is 37.8. The minimum absolute atomic E-state index is 0. The fourth-order valence-electron chi connectivity index (χ4n) is 0.861. The number of hydrogen-bond donors (Lipinski definition) is 0. The molecule has 0 saturated heterocycles. The zero-order valence-electron chi connectivity index (χ0n) is 6.11. The molecular weight excluding hydrogens is 112 g/mol. The molecular formula is C8H20O. The molecule has 0 aliphatic carbocycles. The largest absolute Gasteiger partial charge is 0.384 e. The predicted octanol–water partition coefficient (Wildman–Crippen LogP) is 2.71. The molecule has 0 radical (unpaired) electrons. The molecule has 0 N–H and O–H groups in total. The lowest BCUT2D eigenvalue weighted by Gasteiger charge is -2.06. The van der Waals surface area contributed by atoms with Gasteiger partial charge in [-0.05, 0) is 12.3 Å². The Hall–Kier alpha value is -0.0400. The Balaban J connectivity index is 0. The molecule has 1 nitrogen and oxygen atoms in total. The first-order chi connectivity index (χ1) is 3.81. The standard InChI is InChI=1S/C7H16O.CH4/c1-4-5-7(2)6-8-3;/h7H,4-6H2,1-3H3;1H4. The van der Waals surface area contributed by atoms with Gasteiger partial charge in [0.15, 0.2) is 0 Å². The quantitative estimate of drug-likeness (QED) is 0.571. The van der Waals surface area contributed by atoms with Crippen LogP contribution < -0.4 is 0 Å². The van der Waals surface area contributed by atoms with Crippen molar-refractivity contribution in [2.24, 2.45) is 5.92 Å². The van der Waals surface area contributed by atoms with Crippen LogP contribution in [0.4, 0.5) is 0 Å². The van der Waals surface area contributed by atoms with Crippen LogP contribution in [-0.4, -0.2) is 13.7 Å². The van der Waals surface area contributed by atoms with E-state index in [1.165, 1.54) is 12.8 Å². The van der Waals surface area contributed by atoms with Crippen molar-refractivity contribution in [1.29, 1.82) is 0 Å². The second-order valence-corrected chi connectivity index (χ2v) is 2.35. The predicted molar refractivity (Wildman–Crippen MR) is 42.7 cm³/mol. The number of hydrogen-bond acceptors (Lipinski definition) is 1. The molecule has 0 aromatic rings. The van der Waals surface area contributed by atoms with Crippen molar-refractivity contribution in [3.05, 3.63) is 0 Å². The van der Waals surface area contributed by atoms with Gasteiger partial charge in [-0.2, -0.15) is 0 Å². The van der Waals surface area contributed by atoms with E-state index in [-0.39, 0.29) is 7.43 Å². The molecule has 1 unspecified atom stereocenters. The van der Waals surface area contributed by atoms with E-state index in [1.807, 2.05) is 0 Å². The van der Waals surface area contributed by atoms with Crippen LogP contribution in [0.2, 0.25) is 0 Å². The highest BCUT2D eigenvalue weighted by atomic mass is 16.5. The molecule has 0 aromatic heterocycles. The molecule has 0 aliphatic heterocycles. The van der Waals surface area contributed by atoms with E-state index in [0.29, 0.717) is 0 Å². The molecule has 0 saturated carbocycles. The number of ether oxygens (including phenoxy) is 1. The highest BCUT2D eigenvalue weighted by Crippen LogP contribution is 2.03. The van der Waals surface area contributed by atoms with Crippen LogP contribution >= 0.6 is 0 Å². The Morgan fingerprint density at radius 1 is 1.44 bits per heavy atom. The van der Waals surface area contributed by atoms with Gasteiger partial charge < -0.3 is 4.74 Å². The van der Waals surface area contributed by atoms with Crippen molar-refractivity contribution >= 4 is 0 Å². The van der Waals surface area contributed by atoms with Gasteiger partial charge in [-0.15, -0.1) is 0 Å². The van der Waals surface area contributed by atoms with Gasteiger partial charge >= 0.3 is 0 Å². The van der Waals surface area contributed by atoms with E-state index in [1.54, 1.807) is 7.11 Å². The molecule has 9 heavy (non-hydrogen) atoms. The summed E-state index contributed by atoms with van der Waals surface area (Å²) in [5.74, 6) is 0.741. The van der Waals surface area contributed by atoms with Crippen molar-refractivity contribution in [3.63, 3.8) is 0 Å². The van der Waals surface area contributed by atoms with Gasteiger partial charge in [-0.3, -0.25) is 0 Å². The molecule has 0 aromatic carbocycles. The Morgan fingerprint density at radius 3 is 2.33 bits per heavy atom. The summed E-state index contributed by atoms with van der Waals surface area (Å²) < 4.78 is 4.96. The molecule has 0 rings (SSSR count). The maximum atomic E-state index is 4.96. The molecule has 0 spiro atoms. The van der Waals surface area contributed by atoms with Crippen LogP contribution in [0.5, 0.6) is 0 Å². The van der Waals surface area contributed by atoms with Crippen LogP contribution in [0.15, 0.2) is 0 Å². The Labute approximate surface area is 59.4 Å². The average molecular weight is 132 g/mol. The number of methoxy groups -OCH3 is 1. The van der Waals surface area contributed by atoms with Crippen molar-refractivity contribution in [3.8, 4) is 0 Å². The summed E-state index contributed by atoms with van der Waals surface area (Å²) in [4.78, 5) is 0. The van der Waals surface area contributed by atoms with Gasteiger partial charge in [0.05, 0.1) is 0 Å². The monoisotopic (exact) mass is 132 g/mol. The number of rotatable bonds is 4. The van der Waals surface area contributed by atoms with Gasteiger partial charge in [0.25, 0.3) is 0 Å². The smallest absolute Gasteiger partial charge is 0.0487 e. The molecule has 0 amide bonds. The first-order valence-electron chi connectivity index (χ1n) is 3.30. The van der Waals surface area contributed by atoms with E-state index in [9.17, 15) is 0 Å². The highest BCUT2D eigenvalue weighted by Gasteiger charge is 1.96. The molecule has 0 aliphatic rings. The van der Waals surface area contributed by atoms with Crippen molar-refractivity contribution in [2.45, 2.75) is 34.1 Å². The molecule has 0 fully saturated rings. The Morgan fingerprint density at radius 2 is 2.00 bits per heavy atom. The van der Waals surface area contributed by atoms with E-state index in [0.717, 1.165) is 12.5 Å². The van der Waals surface area contributed by atoms with Gasteiger partial charge in [0, 0.05) is 13.7 Å². The van der Waals surface area contributed by atoms with E-state index >= 15 is 0 Å². The van der Waals surface area contributed by atoms with Crippen molar-refractivity contribution in [1.82, 2.24) is 0 Å². The second-order valence-electron chi connectivity index (χ2n) is 2.35. The molecule has 0 bridgehead atoms. The fraction of sp³-hybridized carbons (Fsp3) is 1.00. The summed E-state index contributed by atoms with van der Waals surface area (Å²) in [6.45, 7) is 5.33. The minimum Gasteiger partial charge on any atom is -0.384 e. The maximum absolute atomic E-state index is 4.96. The summed E-state index contributed by atoms with van der Waals surface area (Å²) in [7, 11) is 1.76. The maximum Gasteiger partial charge on any atom is 0.0487 e. The third kappa shape index (κ3) is 7.96. The molecule has 1 atom stereocenters. The second kappa shape index (κ2) is 7.96. The normalized spacial score (nSPS) is 12.3. The van der Waals surface area contributed by atoms with Gasteiger partial charge in [0.2, 0.25) is 0 Å². The summed E-state index contributed by atoms with van der Waals surface area (Å²) in [5.41, 5.74) is 0. The third-order valence-electron chi connectivity index (χ3n) is 1.23. The van der Waals surface area contributed by atoms with Gasteiger partial charge in [-0.25, -0.2) is 0 Å². The zero-order valence-corrected chi connectivity index (χ0v) is 6.11. The Kier molecular flexibility index (Phi) is 10.4. The summed E-state index contributed by atoms with van der Waals surface area (Å²) in [6, 6.07) is 0. The molecule has 58 valence electrons. The summed E-state index contributed by atoms with van der Waals surface area (Å²) in [5, 5.41) is 0. The van der Waals surface area contributed by atoms with Crippen molar-refractivity contribution in [2.75, 3.05) is 13.7 Å². The summed E-state index contributed by atoms with van der Waals surface area (Å²) in [6.07, 6.45) is 2.55. The van der Waals surface area contributed by atoms with Gasteiger partial charge in [-0.1, -0.05) is 27.7 Å². The van der Waals surface area contributed by atoms with E-state index < -0.39 is 0 Å². The molecule has 0 heterocycles. The highest BCUT2D eigenvalue weighted by molar-refractivity contribution is 4.47. The van der Waals surface area contributed by atoms with Crippen molar-refractivity contribution < 1.29 is 4.74 Å². The van der Waals surface area contributed by atoms with Crippen LogP contribution in [0.3, 0.4) is 0 Å². The van der Waals surface area contributed by atoms with Gasteiger partial charge in [0.1, 0.15) is 0 Å². The molecule has 1 heteroatoms. The van der Waals surface area contributed by atoms with Crippen LogP contribution in [-0.2, 0) is 4.74 Å². The zero-order chi connectivity index (χ0) is 6.41. The summed E-state index contributed by atoms with van der Waals surface area (Å²) >= 11 is 0. The van der Waals surface area contributed by atoms with E-state index in [4.69, 9.17) is 4.74 Å². The van der Waals surface area contributed by atoms with Crippen LogP contribution in [0.25, 0.3) is 0 Å². The van der Waals surface area contributed by atoms with Crippen LogP contribution in [0.1, 0.15) is 34.1 Å². The first kappa shape index (κ1) is 11.7. The fourth-order valence-corrected chi connectivity index (χ4v) is 0.861. The first-order valence-corrected chi connectivity index (χ1v) is 3.30. The topological polar surface area (TPSA) is 9.23 Å². The lowest BCUT2D eigenvalue weighted by molar-refractivity contribution is 0.155.